The molecule has 0 aliphatic carbocycles. The van der Waals surface area contributed by atoms with E-state index in [9.17, 15) is 47.2 Å². The van der Waals surface area contributed by atoms with Crippen LogP contribution in [0.5, 0.6) is 0 Å². The first kappa shape index (κ1) is 23.4. The molecule has 24 heavy (non-hydrogen) atoms. The van der Waals surface area contributed by atoms with E-state index in [2.05, 4.69) is 0 Å². The second kappa shape index (κ2) is 8.68. The van der Waals surface area contributed by atoms with Gasteiger partial charge in [-0.25, -0.2) is 43.1 Å². The zero-order chi connectivity index (χ0) is 19.3. The van der Waals surface area contributed by atoms with Gasteiger partial charge in [0, 0.05) is 6.54 Å². The van der Waals surface area contributed by atoms with E-state index in [1.165, 1.54) is 0 Å². The number of hydrogen-bond donors (Lipinski definition) is 2. The zero-order valence-corrected chi connectivity index (χ0v) is 14.4. The van der Waals surface area contributed by atoms with Crippen LogP contribution >= 0.6 is 0 Å². The van der Waals surface area contributed by atoms with Gasteiger partial charge < -0.3 is 0 Å². The third kappa shape index (κ3) is 6.38. The van der Waals surface area contributed by atoms with Crippen molar-refractivity contribution in [3.8, 4) is 0 Å². The zero-order valence-electron chi connectivity index (χ0n) is 12.0. The summed E-state index contributed by atoms with van der Waals surface area (Å²) in [5.41, 5.74) is -7.78. The van der Waals surface area contributed by atoms with Crippen LogP contribution < -0.4 is 8.85 Å². The largest absolute Gasteiger partial charge is 0.351 e. The normalized spacial score (nSPS) is 17.6. The lowest BCUT2D eigenvalue weighted by Gasteiger charge is -2.18. The highest BCUT2D eigenvalue weighted by molar-refractivity contribution is 8.05. The van der Waals surface area contributed by atoms with Gasteiger partial charge in [0.15, 0.2) is 6.17 Å². The lowest BCUT2D eigenvalue weighted by molar-refractivity contribution is 0.160. The van der Waals surface area contributed by atoms with Crippen LogP contribution in [0.25, 0.3) is 0 Å². The van der Waals surface area contributed by atoms with Crippen molar-refractivity contribution in [2.75, 3.05) is 6.54 Å². The molecule has 0 fully saturated rings. The monoisotopic (exact) mass is 426 g/mol. The molecule has 146 valence electrons. The quantitative estimate of drug-likeness (QED) is 0.357. The third-order valence-corrected chi connectivity index (χ3v) is 7.03. The van der Waals surface area contributed by atoms with Crippen LogP contribution in [0, 0.1) is 0 Å². The molecule has 0 aromatic carbocycles. The minimum Gasteiger partial charge on any atom is -0.239 e. The number of alkyl halides is 5. The maximum atomic E-state index is 13.5. The van der Waals surface area contributed by atoms with Crippen molar-refractivity contribution in [1.29, 1.82) is 0 Å². The summed E-state index contributed by atoms with van der Waals surface area (Å²) in [6.45, 7) is 1.30. The second-order valence-electron chi connectivity index (χ2n) is 4.37. The predicted octanol–water partition coefficient (Wildman–Crippen LogP) is 0.107. The van der Waals surface area contributed by atoms with E-state index in [-0.39, 0.29) is 17.1 Å². The van der Waals surface area contributed by atoms with Gasteiger partial charge >= 0.3 is 5.76 Å². The highest BCUT2D eigenvalue weighted by Crippen LogP contribution is 2.21. The molecular formula is C8H15F5N2O6S3. The molecule has 16 heteroatoms. The van der Waals surface area contributed by atoms with Crippen LogP contribution in [0.3, 0.4) is 0 Å². The lowest BCUT2D eigenvalue weighted by Crippen LogP contribution is -2.48. The van der Waals surface area contributed by atoms with Gasteiger partial charge in [-0.3, -0.25) is 0 Å². The topological polar surface area (TPSA) is 126 Å². The minimum absolute atomic E-state index is 0.169. The van der Waals surface area contributed by atoms with E-state index >= 15 is 0 Å². The van der Waals surface area contributed by atoms with Gasteiger partial charge in [-0.15, -0.1) is 4.13 Å². The van der Waals surface area contributed by atoms with E-state index in [4.69, 9.17) is 0 Å². The van der Waals surface area contributed by atoms with Gasteiger partial charge in [0.1, 0.15) is 0 Å². The molecule has 0 radical (unpaired) electrons. The fraction of sp³-hybridized carbons (Fsp3) is 1.00. The molecule has 3 unspecified atom stereocenters. The van der Waals surface area contributed by atoms with Crippen molar-refractivity contribution in [1.82, 2.24) is 8.85 Å². The third-order valence-electron chi connectivity index (χ3n) is 2.39. The van der Waals surface area contributed by atoms with Crippen LogP contribution in [0.1, 0.15) is 19.8 Å². The van der Waals surface area contributed by atoms with Crippen molar-refractivity contribution >= 4 is 30.1 Å². The van der Waals surface area contributed by atoms with Crippen LogP contribution in [0.15, 0.2) is 0 Å². The molecular weight excluding hydrogens is 411 g/mol. The highest BCUT2D eigenvalue weighted by Gasteiger charge is 2.47. The van der Waals surface area contributed by atoms with Crippen molar-refractivity contribution in [3.63, 3.8) is 0 Å². The first-order valence-electron chi connectivity index (χ1n) is 6.14. The fourth-order valence-electron chi connectivity index (χ4n) is 1.18. The van der Waals surface area contributed by atoms with E-state index < -0.39 is 53.0 Å². The van der Waals surface area contributed by atoms with Gasteiger partial charge in [-0.1, -0.05) is 13.3 Å². The molecule has 0 aliphatic rings. The van der Waals surface area contributed by atoms with E-state index in [1.54, 1.807) is 11.6 Å². The standard InChI is InChI=1S/C8H15F5N2O6S3/c1-2-3-4-14-22(16,17)6(10)5(9)7(11)23(18,19)15-24(20,21)8(12)13/h5-8,14-15H,2-4H2,1H3. The predicted molar refractivity (Wildman–Crippen MR) is 73.5 cm³/mol. The lowest BCUT2D eigenvalue weighted by atomic mass is 10.3. The van der Waals surface area contributed by atoms with Gasteiger partial charge in [0.25, 0.3) is 20.0 Å². The molecule has 8 nitrogen and oxygen atoms in total. The van der Waals surface area contributed by atoms with E-state index in [1.807, 2.05) is 0 Å². The molecule has 0 rings (SSSR count). The smallest absolute Gasteiger partial charge is 0.239 e. The number of unbranched alkanes of at least 4 members (excludes halogenated alkanes) is 1. The second-order valence-corrected chi connectivity index (χ2v) is 9.86. The molecule has 3 atom stereocenters. The van der Waals surface area contributed by atoms with Crippen molar-refractivity contribution in [2.45, 2.75) is 42.7 Å². The summed E-state index contributed by atoms with van der Waals surface area (Å²) in [5, 5.41) is 0. The van der Waals surface area contributed by atoms with Gasteiger partial charge in [-0.05, 0) is 6.42 Å². The van der Waals surface area contributed by atoms with E-state index in [0.29, 0.717) is 6.42 Å². The first-order chi connectivity index (χ1) is 10.7. The summed E-state index contributed by atoms with van der Waals surface area (Å²) in [6, 6.07) is 0. The van der Waals surface area contributed by atoms with Crippen molar-refractivity contribution in [2.24, 2.45) is 0 Å². The summed E-state index contributed by atoms with van der Waals surface area (Å²) in [6.07, 6.45) is -3.20. The highest BCUT2D eigenvalue weighted by atomic mass is 32.3. The molecule has 0 heterocycles. The average Bonchev–Trinajstić information content (AvgIpc) is 2.43. The number of nitrogens with one attached hydrogen (secondary N) is 2. The van der Waals surface area contributed by atoms with Crippen LogP contribution in [0.2, 0.25) is 0 Å². The van der Waals surface area contributed by atoms with Crippen LogP contribution in [-0.4, -0.2) is 54.7 Å². The van der Waals surface area contributed by atoms with Gasteiger partial charge in [0.2, 0.25) is 21.0 Å². The Balaban J connectivity index is 5.25. The molecule has 0 saturated heterocycles. The molecule has 0 aromatic heterocycles. The summed E-state index contributed by atoms with van der Waals surface area (Å²) < 4.78 is 133. The molecule has 0 saturated carbocycles. The Morgan fingerprint density at radius 1 is 0.792 bits per heavy atom. The molecule has 0 bridgehead atoms. The maximum Gasteiger partial charge on any atom is 0.351 e. The molecule has 2 N–H and O–H groups in total. The minimum atomic E-state index is -5.98. The fourth-order valence-corrected chi connectivity index (χ4v) is 4.78. The number of rotatable bonds is 11. The SMILES string of the molecule is CCCCNS(=O)(=O)C(F)C(F)C(F)S(=O)(=O)NS(=O)(=O)C(F)F. The Kier molecular flexibility index (Phi) is 8.47. The Bertz CT molecular complexity index is 710. The maximum absolute atomic E-state index is 13.5. The molecule has 0 spiro atoms. The summed E-state index contributed by atoms with van der Waals surface area (Å²) in [7, 11) is -17.0. The summed E-state index contributed by atoms with van der Waals surface area (Å²) in [5.74, 6) is -4.29. The number of halogens is 5. The Labute approximate surface area is 136 Å². The molecule has 0 aromatic rings. The van der Waals surface area contributed by atoms with Crippen molar-refractivity contribution in [3.05, 3.63) is 0 Å². The van der Waals surface area contributed by atoms with Crippen LogP contribution in [0.4, 0.5) is 22.0 Å². The van der Waals surface area contributed by atoms with Gasteiger partial charge in [0.05, 0.1) is 0 Å². The number of hydrogen-bond acceptors (Lipinski definition) is 6. The Hall–Kier alpha value is -0.580. The molecule has 0 amide bonds. The van der Waals surface area contributed by atoms with E-state index in [0.717, 1.165) is 0 Å². The Morgan fingerprint density at radius 2 is 1.25 bits per heavy atom. The molecule has 0 aliphatic heterocycles. The number of sulfonamides is 3. The average molecular weight is 426 g/mol. The first-order valence-corrected chi connectivity index (χ1v) is 10.8. The van der Waals surface area contributed by atoms with Gasteiger partial charge in [-0.2, -0.15) is 8.78 Å². The van der Waals surface area contributed by atoms with Crippen molar-refractivity contribution < 1.29 is 47.2 Å². The summed E-state index contributed by atoms with van der Waals surface area (Å²) in [4.78, 5) is 0. The Morgan fingerprint density at radius 3 is 1.67 bits per heavy atom. The van der Waals surface area contributed by atoms with Crippen LogP contribution in [-0.2, 0) is 30.1 Å². The summed E-state index contributed by atoms with van der Waals surface area (Å²) >= 11 is 0.